The summed E-state index contributed by atoms with van der Waals surface area (Å²) in [6.45, 7) is 4.34. The Morgan fingerprint density at radius 1 is 1.11 bits per heavy atom. The van der Waals surface area contributed by atoms with Crippen molar-refractivity contribution in [2.24, 2.45) is 0 Å². The van der Waals surface area contributed by atoms with Crippen LogP contribution in [0.1, 0.15) is 37.6 Å². The number of anilines is 1. The third-order valence-corrected chi connectivity index (χ3v) is 6.81. The molecule has 0 spiro atoms. The number of methoxy groups -OCH3 is 1. The van der Waals surface area contributed by atoms with Gasteiger partial charge in [-0.2, -0.15) is 13.2 Å². The highest BCUT2D eigenvalue weighted by atomic mass is 19.4. The summed E-state index contributed by atoms with van der Waals surface area (Å²) in [6.07, 6.45) is 0.838. The fraction of sp³-hybridized carbons (Fsp3) is 0.333. The van der Waals surface area contributed by atoms with E-state index >= 15 is 0 Å². The number of benzene rings is 2. The predicted octanol–water partition coefficient (Wildman–Crippen LogP) is 5.27. The molecule has 8 nitrogen and oxygen atoms in total. The van der Waals surface area contributed by atoms with Crippen molar-refractivity contribution in [2.45, 2.75) is 44.8 Å². The number of amides is 1. The topological polar surface area (TPSA) is 78.1 Å². The molecule has 198 valence electrons. The van der Waals surface area contributed by atoms with Crippen LogP contribution in [-0.2, 0) is 10.2 Å². The molecule has 0 aliphatic carbocycles. The van der Waals surface area contributed by atoms with Gasteiger partial charge in [-0.25, -0.2) is 9.67 Å². The van der Waals surface area contributed by atoms with Crippen molar-refractivity contribution in [3.05, 3.63) is 72.4 Å². The number of aromatic nitrogens is 5. The van der Waals surface area contributed by atoms with Crippen LogP contribution in [0.25, 0.3) is 16.9 Å². The van der Waals surface area contributed by atoms with Crippen LogP contribution in [0, 0.1) is 6.92 Å². The highest BCUT2D eigenvalue weighted by Crippen LogP contribution is 2.43. The first kappa shape index (κ1) is 25.5. The van der Waals surface area contributed by atoms with E-state index in [4.69, 9.17) is 4.74 Å². The second-order valence-corrected chi connectivity index (χ2v) is 10.1. The van der Waals surface area contributed by atoms with Crippen LogP contribution in [-0.4, -0.2) is 50.3 Å². The zero-order chi connectivity index (χ0) is 27.2. The largest absolute Gasteiger partial charge is 0.495 e. The molecule has 3 heterocycles. The molecule has 38 heavy (non-hydrogen) atoms. The SMILES string of the molecule is COc1cc(-c2cn(C3CC(C)(C)c4ccccc4N(CC(F)(F)F)C3=O)nn2)ccc1-n1cnc(C)c1. The van der Waals surface area contributed by atoms with Crippen molar-refractivity contribution in [1.29, 1.82) is 0 Å². The molecule has 1 atom stereocenters. The van der Waals surface area contributed by atoms with Crippen molar-refractivity contribution in [3.63, 3.8) is 0 Å². The smallest absolute Gasteiger partial charge is 0.406 e. The fourth-order valence-corrected chi connectivity index (χ4v) is 4.97. The standard InChI is InChI=1S/C27H27F3N6O2/c1-17-13-34(16-31-17)22-10-9-18(11-24(22)38-4)20-14-36(33-32-20)23-12-26(2,3)19-7-5-6-8-21(19)35(25(23)37)15-27(28,29)30/h5-11,13-14,16,23H,12,15H2,1-4H3. The first-order valence-electron chi connectivity index (χ1n) is 12.1. The van der Waals surface area contributed by atoms with Gasteiger partial charge in [-0.1, -0.05) is 43.3 Å². The summed E-state index contributed by atoms with van der Waals surface area (Å²) in [6, 6.07) is 11.3. The number of alkyl halides is 3. The molecule has 2 aromatic heterocycles. The molecule has 0 saturated carbocycles. The lowest BCUT2D eigenvalue weighted by atomic mass is 9.79. The second kappa shape index (κ2) is 9.30. The Balaban J connectivity index is 1.52. The van der Waals surface area contributed by atoms with Gasteiger partial charge in [0, 0.05) is 17.4 Å². The van der Waals surface area contributed by atoms with Crippen molar-refractivity contribution < 1.29 is 22.7 Å². The maximum absolute atomic E-state index is 13.6. The summed E-state index contributed by atoms with van der Waals surface area (Å²) in [4.78, 5) is 18.7. The van der Waals surface area contributed by atoms with Crippen molar-refractivity contribution in [1.82, 2.24) is 24.5 Å². The summed E-state index contributed by atoms with van der Waals surface area (Å²) < 4.78 is 49.5. The lowest BCUT2D eigenvalue weighted by Crippen LogP contribution is -2.42. The molecule has 0 saturated heterocycles. The first-order valence-corrected chi connectivity index (χ1v) is 12.1. The van der Waals surface area contributed by atoms with E-state index in [2.05, 4.69) is 15.3 Å². The Bertz CT molecular complexity index is 1490. The number of carbonyl (C=O) groups is 1. The van der Waals surface area contributed by atoms with Gasteiger partial charge in [-0.3, -0.25) is 4.79 Å². The van der Waals surface area contributed by atoms with E-state index in [1.807, 2.05) is 43.7 Å². The van der Waals surface area contributed by atoms with Gasteiger partial charge in [-0.15, -0.1) is 5.10 Å². The molecule has 2 aromatic carbocycles. The minimum absolute atomic E-state index is 0.252. The molecule has 1 unspecified atom stereocenters. The zero-order valence-corrected chi connectivity index (χ0v) is 21.4. The quantitative estimate of drug-likeness (QED) is 0.356. The third kappa shape index (κ3) is 4.75. The van der Waals surface area contributed by atoms with Crippen LogP contribution in [0.3, 0.4) is 0 Å². The number of ether oxygens (including phenoxy) is 1. The van der Waals surface area contributed by atoms with Crippen LogP contribution in [0.2, 0.25) is 0 Å². The molecule has 11 heteroatoms. The van der Waals surface area contributed by atoms with Crippen molar-refractivity contribution in [3.8, 4) is 22.7 Å². The van der Waals surface area contributed by atoms with Gasteiger partial charge in [-0.05, 0) is 42.5 Å². The van der Waals surface area contributed by atoms with E-state index in [1.54, 1.807) is 50.0 Å². The monoisotopic (exact) mass is 524 g/mol. The van der Waals surface area contributed by atoms with Gasteiger partial charge in [0.25, 0.3) is 5.91 Å². The van der Waals surface area contributed by atoms with Crippen molar-refractivity contribution in [2.75, 3.05) is 18.6 Å². The lowest BCUT2D eigenvalue weighted by Gasteiger charge is -2.27. The van der Waals surface area contributed by atoms with Gasteiger partial charge in [0.15, 0.2) is 0 Å². The van der Waals surface area contributed by atoms with Crippen LogP contribution in [0.15, 0.2) is 61.2 Å². The maximum atomic E-state index is 13.6. The molecule has 1 aliphatic heterocycles. The number of hydrogen-bond donors (Lipinski definition) is 0. The van der Waals surface area contributed by atoms with E-state index in [1.165, 1.54) is 4.68 Å². The van der Waals surface area contributed by atoms with Crippen LogP contribution in [0.5, 0.6) is 5.75 Å². The van der Waals surface area contributed by atoms with Gasteiger partial charge in [0.2, 0.25) is 0 Å². The Kier molecular flexibility index (Phi) is 6.24. The zero-order valence-electron chi connectivity index (χ0n) is 21.4. The molecule has 0 fully saturated rings. The number of para-hydroxylation sites is 1. The molecule has 0 N–H and O–H groups in total. The number of hydrogen-bond acceptors (Lipinski definition) is 5. The highest BCUT2D eigenvalue weighted by molar-refractivity contribution is 5.98. The molecule has 1 amide bonds. The average molecular weight is 525 g/mol. The number of aryl methyl sites for hydroxylation is 1. The summed E-state index contributed by atoms with van der Waals surface area (Å²) in [7, 11) is 1.56. The van der Waals surface area contributed by atoms with Gasteiger partial charge in [0.1, 0.15) is 24.0 Å². The Morgan fingerprint density at radius 3 is 2.55 bits per heavy atom. The Morgan fingerprint density at radius 2 is 1.87 bits per heavy atom. The van der Waals surface area contributed by atoms with Crippen LogP contribution < -0.4 is 9.64 Å². The van der Waals surface area contributed by atoms with Gasteiger partial charge in [0.05, 0.1) is 31.0 Å². The summed E-state index contributed by atoms with van der Waals surface area (Å²) >= 11 is 0. The molecule has 4 aromatic rings. The summed E-state index contributed by atoms with van der Waals surface area (Å²) in [5.74, 6) is -0.104. The predicted molar refractivity (Wildman–Crippen MR) is 135 cm³/mol. The molecule has 5 rings (SSSR count). The van der Waals surface area contributed by atoms with E-state index < -0.39 is 30.1 Å². The second-order valence-electron chi connectivity index (χ2n) is 10.1. The van der Waals surface area contributed by atoms with E-state index in [-0.39, 0.29) is 12.1 Å². The highest BCUT2D eigenvalue weighted by Gasteiger charge is 2.44. The Labute approximate surface area is 217 Å². The molecule has 0 bridgehead atoms. The van der Waals surface area contributed by atoms with Gasteiger partial charge < -0.3 is 14.2 Å². The van der Waals surface area contributed by atoms with Crippen LogP contribution >= 0.6 is 0 Å². The van der Waals surface area contributed by atoms with Crippen molar-refractivity contribution >= 4 is 11.6 Å². The Hall–Kier alpha value is -4.15. The molecular weight excluding hydrogens is 497 g/mol. The number of nitrogens with zero attached hydrogens (tertiary/aromatic N) is 6. The number of rotatable bonds is 5. The first-order chi connectivity index (χ1) is 18.0. The van der Waals surface area contributed by atoms with E-state index in [0.29, 0.717) is 22.6 Å². The number of fused-ring (bicyclic) bond motifs is 1. The molecular formula is C27H27F3N6O2. The minimum atomic E-state index is -4.57. The number of imidazole rings is 1. The average Bonchev–Trinajstić information content (AvgIpc) is 3.52. The van der Waals surface area contributed by atoms with E-state index in [0.717, 1.165) is 16.3 Å². The minimum Gasteiger partial charge on any atom is -0.495 e. The summed E-state index contributed by atoms with van der Waals surface area (Å²) in [5, 5.41) is 8.44. The number of carbonyl (C=O) groups excluding carboxylic acids is 1. The number of halogens is 3. The molecule has 1 aliphatic rings. The van der Waals surface area contributed by atoms with Crippen LogP contribution in [0.4, 0.5) is 18.9 Å². The van der Waals surface area contributed by atoms with Gasteiger partial charge >= 0.3 is 6.18 Å². The normalized spacial score (nSPS) is 17.3. The summed E-state index contributed by atoms with van der Waals surface area (Å²) in [5.41, 5.74) is 3.13. The van der Waals surface area contributed by atoms with E-state index in [9.17, 15) is 18.0 Å². The lowest BCUT2D eigenvalue weighted by molar-refractivity contribution is -0.134. The molecule has 0 radical (unpaired) electrons. The maximum Gasteiger partial charge on any atom is 0.406 e. The fourth-order valence-electron chi connectivity index (χ4n) is 4.97. The third-order valence-electron chi connectivity index (χ3n) is 6.81.